The number of methoxy groups -OCH3 is 1. The summed E-state index contributed by atoms with van der Waals surface area (Å²) in [6, 6.07) is 20.5. The Morgan fingerprint density at radius 2 is 1.82 bits per heavy atom. The summed E-state index contributed by atoms with van der Waals surface area (Å²) in [7, 11) is -2.28. The Morgan fingerprint density at radius 3 is 2.53 bits per heavy atom. The van der Waals surface area contributed by atoms with Gasteiger partial charge in [-0.05, 0) is 91.8 Å². The van der Waals surface area contributed by atoms with E-state index >= 15 is 0 Å². The summed E-state index contributed by atoms with van der Waals surface area (Å²) >= 11 is 0. The Kier molecular flexibility index (Phi) is 9.59. The molecule has 1 aliphatic rings. The van der Waals surface area contributed by atoms with E-state index in [1.807, 2.05) is 36.4 Å². The third-order valence-corrected chi connectivity index (χ3v) is 10.1. The molecule has 4 aromatic rings. The Bertz CT molecular complexity index is 1880. The Hall–Kier alpha value is -4.62. The Balaban J connectivity index is 1.47. The van der Waals surface area contributed by atoms with Gasteiger partial charge in [-0.25, -0.2) is 13.1 Å². The van der Waals surface area contributed by atoms with Crippen molar-refractivity contribution in [1.82, 2.24) is 9.29 Å². The van der Waals surface area contributed by atoms with Crippen LogP contribution in [-0.4, -0.2) is 37.2 Å². The molecule has 0 unspecified atom stereocenters. The van der Waals surface area contributed by atoms with Crippen LogP contribution in [-0.2, 0) is 27.8 Å². The van der Waals surface area contributed by atoms with Gasteiger partial charge in [-0.2, -0.15) is 5.26 Å². The maximum atomic E-state index is 12.9. The second kappa shape index (κ2) is 13.6. The summed E-state index contributed by atoms with van der Waals surface area (Å²) in [6.45, 7) is 3.55. The molecule has 1 fully saturated rings. The largest absolute Gasteiger partial charge is 0.496 e. The van der Waals surface area contributed by atoms with Gasteiger partial charge < -0.3 is 14.6 Å². The first kappa shape index (κ1) is 31.8. The van der Waals surface area contributed by atoms with Gasteiger partial charge in [0, 0.05) is 47.7 Å². The summed E-state index contributed by atoms with van der Waals surface area (Å²) in [5, 5.41) is 12.7. The number of nitriles is 1. The number of nitrogens with one attached hydrogen (secondary N) is 2. The van der Waals surface area contributed by atoms with Crippen molar-refractivity contribution < 1.29 is 22.7 Å². The molecule has 0 radical (unpaired) electrons. The van der Waals surface area contributed by atoms with Gasteiger partial charge in [0.15, 0.2) is 0 Å². The monoisotopic (exact) mass is 626 g/mol. The smallest absolute Gasteiger partial charge is 0.264 e. The molecule has 1 heterocycles. The van der Waals surface area contributed by atoms with E-state index in [9.17, 15) is 23.3 Å². The number of hydrogen-bond acceptors (Lipinski definition) is 6. The highest BCUT2D eigenvalue weighted by Gasteiger charge is 2.22. The van der Waals surface area contributed by atoms with Crippen LogP contribution < -0.4 is 14.8 Å². The molecule has 5 rings (SSSR count). The van der Waals surface area contributed by atoms with E-state index in [1.165, 1.54) is 33.8 Å². The van der Waals surface area contributed by atoms with Crippen molar-refractivity contribution in [3.8, 4) is 11.8 Å². The van der Waals surface area contributed by atoms with E-state index in [2.05, 4.69) is 26.9 Å². The predicted octanol–water partition coefficient (Wildman–Crippen LogP) is 6.15. The van der Waals surface area contributed by atoms with E-state index < -0.39 is 21.2 Å². The van der Waals surface area contributed by atoms with Gasteiger partial charge in [0.25, 0.3) is 5.91 Å². The van der Waals surface area contributed by atoms with E-state index in [4.69, 9.17) is 4.74 Å². The number of carbonyl (C=O) groups excluding carboxylic acids is 2. The molecular formula is C35H38N4O5S. The van der Waals surface area contributed by atoms with Crippen LogP contribution in [0.25, 0.3) is 10.9 Å². The van der Waals surface area contributed by atoms with Crippen molar-refractivity contribution >= 4 is 38.4 Å². The molecule has 1 aliphatic carbocycles. The summed E-state index contributed by atoms with van der Waals surface area (Å²) in [5.74, 6) is 0.194. The minimum Gasteiger partial charge on any atom is -0.496 e. The first-order valence-electron chi connectivity index (χ1n) is 15.2. The molecule has 9 nitrogen and oxygen atoms in total. The number of benzene rings is 3. The highest BCUT2D eigenvalue weighted by molar-refractivity contribution is 7.90. The summed E-state index contributed by atoms with van der Waals surface area (Å²) in [5.41, 5.74) is 5.22. The second-order valence-corrected chi connectivity index (χ2v) is 14.2. The van der Waals surface area contributed by atoms with Crippen LogP contribution in [0.15, 0.2) is 66.9 Å². The fraction of sp³-hybridized carbons (Fsp3) is 0.343. The minimum absolute atomic E-state index is 0.0190. The molecule has 1 saturated carbocycles. The number of hydrogen-bond donors (Lipinski definition) is 2. The average molecular weight is 627 g/mol. The Morgan fingerprint density at radius 1 is 1.04 bits per heavy atom. The normalized spacial score (nSPS) is 13.6. The molecular weight excluding hydrogens is 588 g/mol. The third-order valence-electron chi connectivity index (χ3n) is 8.39. The summed E-state index contributed by atoms with van der Waals surface area (Å²) in [4.78, 5) is 25.6. The van der Waals surface area contributed by atoms with E-state index in [0.717, 1.165) is 46.1 Å². The molecule has 2 N–H and O–H groups in total. The second-order valence-electron chi connectivity index (χ2n) is 12.0. The van der Waals surface area contributed by atoms with Gasteiger partial charge in [0.1, 0.15) is 5.75 Å². The highest BCUT2D eigenvalue weighted by Crippen LogP contribution is 2.32. The first-order chi connectivity index (χ1) is 21.6. The number of amides is 2. The van der Waals surface area contributed by atoms with Gasteiger partial charge >= 0.3 is 0 Å². The maximum Gasteiger partial charge on any atom is 0.264 e. The predicted molar refractivity (Wildman–Crippen MR) is 175 cm³/mol. The van der Waals surface area contributed by atoms with E-state index in [1.54, 1.807) is 24.3 Å². The lowest BCUT2D eigenvalue weighted by Crippen LogP contribution is -2.35. The van der Waals surface area contributed by atoms with Crippen molar-refractivity contribution in [2.24, 2.45) is 5.92 Å². The van der Waals surface area contributed by atoms with Crippen molar-refractivity contribution in [2.45, 2.75) is 64.2 Å². The lowest BCUT2D eigenvalue weighted by molar-refractivity contribution is -0.117. The zero-order valence-electron chi connectivity index (χ0n) is 25.8. The molecule has 0 bridgehead atoms. The fourth-order valence-electron chi connectivity index (χ4n) is 5.89. The van der Waals surface area contributed by atoms with Gasteiger partial charge in [0.05, 0.1) is 24.0 Å². The number of anilines is 1. The van der Waals surface area contributed by atoms with Crippen LogP contribution in [0, 0.1) is 17.2 Å². The molecule has 0 saturated heterocycles. The van der Waals surface area contributed by atoms with Crippen LogP contribution >= 0.6 is 0 Å². The lowest BCUT2D eigenvalue weighted by atomic mass is 10.0. The van der Waals surface area contributed by atoms with Crippen LogP contribution in [0.1, 0.15) is 78.6 Å². The number of rotatable bonds is 11. The molecule has 1 aromatic heterocycles. The van der Waals surface area contributed by atoms with Crippen LogP contribution in [0.5, 0.6) is 5.75 Å². The van der Waals surface area contributed by atoms with Crippen molar-refractivity contribution in [3.63, 3.8) is 0 Å². The first-order valence-corrected chi connectivity index (χ1v) is 16.7. The zero-order chi connectivity index (χ0) is 32.1. The summed E-state index contributed by atoms with van der Waals surface area (Å²) < 4.78 is 34.4. The molecule has 10 heteroatoms. The molecule has 2 amide bonds. The standard InChI is InChI=1S/C35H38N4O5S/c1-23(2)45(42,43)38-35(41)28-12-11-27(33(18-28)44-3)17-29-22-39(21-26-10-6-9-25(15-26)20-36)32-14-13-30(19-31(29)32)37-34(40)16-24-7-4-5-8-24/h6,9-15,18-19,22-24H,4-5,7-8,16-17,21H2,1-3H3,(H,37,40)(H,38,41). The number of aromatic nitrogens is 1. The topological polar surface area (TPSA) is 130 Å². The third kappa shape index (κ3) is 7.55. The molecule has 0 atom stereocenters. The summed E-state index contributed by atoms with van der Waals surface area (Å²) in [6.07, 6.45) is 7.61. The SMILES string of the molecule is COc1cc(C(=O)NS(=O)(=O)C(C)C)ccc1Cc1cn(Cc2cccc(C#N)c2)c2ccc(NC(=O)CC3CCCC3)cc12. The van der Waals surface area contributed by atoms with Gasteiger partial charge in [-0.1, -0.05) is 31.0 Å². The van der Waals surface area contributed by atoms with Gasteiger partial charge in [-0.3, -0.25) is 9.59 Å². The van der Waals surface area contributed by atoms with Gasteiger partial charge in [0.2, 0.25) is 15.9 Å². The number of ether oxygens (including phenoxy) is 1. The van der Waals surface area contributed by atoms with Crippen molar-refractivity contribution in [1.29, 1.82) is 5.26 Å². The molecule has 0 aliphatic heterocycles. The highest BCUT2D eigenvalue weighted by atomic mass is 32.2. The van der Waals surface area contributed by atoms with Gasteiger partial charge in [-0.15, -0.1) is 0 Å². The lowest BCUT2D eigenvalue weighted by Gasteiger charge is -2.13. The Labute approximate surface area is 264 Å². The number of fused-ring (bicyclic) bond motifs is 1. The van der Waals surface area contributed by atoms with Crippen LogP contribution in [0.2, 0.25) is 0 Å². The number of nitrogens with zero attached hydrogens (tertiary/aromatic N) is 2. The maximum absolute atomic E-state index is 12.9. The van der Waals surface area contributed by atoms with Crippen LogP contribution in [0.3, 0.4) is 0 Å². The zero-order valence-corrected chi connectivity index (χ0v) is 26.6. The molecule has 0 spiro atoms. The van der Waals surface area contributed by atoms with Crippen molar-refractivity contribution in [2.75, 3.05) is 12.4 Å². The van der Waals surface area contributed by atoms with E-state index in [0.29, 0.717) is 36.6 Å². The van der Waals surface area contributed by atoms with Crippen molar-refractivity contribution in [3.05, 3.63) is 94.7 Å². The van der Waals surface area contributed by atoms with Crippen LogP contribution in [0.4, 0.5) is 5.69 Å². The number of sulfonamides is 1. The number of carbonyl (C=O) groups is 2. The van der Waals surface area contributed by atoms with E-state index in [-0.39, 0.29) is 11.5 Å². The fourth-order valence-corrected chi connectivity index (χ4v) is 6.50. The molecule has 3 aromatic carbocycles. The quantitative estimate of drug-likeness (QED) is 0.206. The average Bonchev–Trinajstić information content (AvgIpc) is 3.64. The molecule has 45 heavy (non-hydrogen) atoms. The minimum atomic E-state index is -3.79. The molecule has 234 valence electrons.